The highest BCUT2D eigenvalue weighted by atomic mass is 16.2. The normalized spacial score (nSPS) is 19.9. The van der Waals surface area contributed by atoms with Gasteiger partial charge in [0.25, 0.3) is 5.56 Å². The zero-order valence-electron chi connectivity index (χ0n) is 16.4. The number of carbonyl (C=O) groups excluding carboxylic acids is 2. The Bertz CT molecular complexity index is 929. The summed E-state index contributed by atoms with van der Waals surface area (Å²) < 4.78 is 0. The zero-order valence-corrected chi connectivity index (χ0v) is 16.4. The van der Waals surface area contributed by atoms with Crippen LogP contribution in [-0.4, -0.2) is 39.5 Å². The fraction of sp³-hybridized carbons (Fsp3) is 0.455. The number of aromatic amines is 1. The Morgan fingerprint density at radius 1 is 1.03 bits per heavy atom. The van der Waals surface area contributed by atoms with Crippen molar-refractivity contribution in [2.45, 2.75) is 51.0 Å². The lowest BCUT2D eigenvalue weighted by molar-refractivity contribution is -0.141. The van der Waals surface area contributed by atoms with E-state index in [4.69, 9.17) is 0 Å². The molecule has 1 aromatic carbocycles. The average molecular weight is 394 g/mol. The molecular formula is C22H26N4O3. The topological polar surface area (TPSA) is 95.2 Å². The van der Waals surface area contributed by atoms with Crippen LogP contribution in [0.5, 0.6) is 0 Å². The van der Waals surface area contributed by atoms with E-state index in [1.807, 2.05) is 24.3 Å². The number of hydrogen-bond donors (Lipinski definition) is 2. The van der Waals surface area contributed by atoms with Crippen molar-refractivity contribution in [1.29, 1.82) is 0 Å². The summed E-state index contributed by atoms with van der Waals surface area (Å²) in [5.41, 5.74) is 1.80. The molecular weight excluding hydrogens is 368 g/mol. The van der Waals surface area contributed by atoms with Crippen molar-refractivity contribution in [2.24, 2.45) is 5.92 Å². The quantitative estimate of drug-likeness (QED) is 0.833. The second kappa shape index (κ2) is 8.59. The minimum Gasteiger partial charge on any atom is -0.330 e. The Morgan fingerprint density at radius 3 is 2.62 bits per heavy atom. The molecule has 7 nitrogen and oxygen atoms in total. The van der Waals surface area contributed by atoms with Crippen molar-refractivity contribution in [3.05, 3.63) is 46.8 Å². The average Bonchev–Trinajstić information content (AvgIpc) is 3.25. The van der Waals surface area contributed by atoms with Gasteiger partial charge in [-0.05, 0) is 43.9 Å². The lowest BCUT2D eigenvalue weighted by Gasteiger charge is -2.30. The Kier molecular flexibility index (Phi) is 5.74. The predicted octanol–water partition coefficient (Wildman–Crippen LogP) is 2.95. The van der Waals surface area contributed by atoms with Gasteiger partial charge in [0, 0.05) is 29.8 Å². The summed E-state index contributed by atoms with van der Waals surface area (Å²) in [5.74, 6) is 0.0820. The van der Waals surface area contributed by atoms with Crippen LogP contribution in [0.3, 0.4) is 0 Å². The maximum absolute atomic E-state index is 12.9. The number of hydrogen-bond acceptors (Lipinski definition) is 4. The fourth-order valence-electron chi connectivity index (χ4n) is 4.37. The summed E-state index contributed by atoms with van der Waals surface area (Å²) in [6, 6.07) is 9.99. The number of carbonyl (C=O) groups is 2. The monoisotopic (exact) mass is 394 g/mol. The van der Waals surface area contributed by atoms with Crippen molar-refractivity contribution in [3.8, 4) is 11.3 Å². The standard InChI is InChI=1S/C22H26N4O3/c27-20-12-11-18(24-25-20)16-8-4-9-17(14-16)23-21(28)19-10-5-13-26(19)22(29)15-6-2-1-3-7-15/h4,8-9,11-12,14-15,19H,1-3,5-7,10,13H2,(H,23,28)(H,25,27). The molecule has 2 N–H and O–H groups in total. The van der Waals surface area contributed by atoms with Gasteiger partial charge in [0.05, 0.1) is 5.69 Å². The Morgan fingerprint density at radius 2 is 1.86 bits per heavy atom. The fourth-order valence-corrected chi connectivity index (χ4v) is 4.37. The minimum atomic E-state index is -0.403. The highest BCUT2D eigenvalue weighted by molar-refractivity contribution is 5.98. The Labute approximate surface area is 169 Å². The number of aromatic nitrogens is 2. The largest absolute Gasteiger partial charge is 0.330 e. The van der Waals surface area contributed by atoms with Crippen LogP contribution in [0.1, 0.15) is 44.9 Å². The van der Waals surface area contributed by atoms with E-state index in [1.54, 1.807) is 11.0 Å². The third-order valence-electron chi connectivity index (χ3n) is 5.90. The number of H-pyrrole nitrogens is 1. The van der Waals surface area contributed by atoms with Crippen LogP contribution in [0.2, 0.25) is 0 Å². The summed E-state index contributed by atoms with van der Waals surface area (Å²) in [5, 5.41) is 9.41. The van der Waals surface area contributed by atoms with Crippen LogP contribution < -0.4 is 10.9 Å². The number of rotatable bonds is 4. The van der Waals surface area contributed by atoms with Crippen molar-refractivity contribution in [1.82, 2.24) is 15.1 Å². The highest BCUT2D eigenvalue weighted by Crippen LogP contribution is 2.29. The van der Waals surface area contributed by atoms with Gasteiger partial charge in [-0.2, -0.15) is 5.10 Å². The third-order valence-corrected chi connectivity index (χ3v) is 5.90. The number of anilines is 1. The van der Waals surface area contributed by atoms with Gasteiger partial charge in [0.2, 0.25) is 11.8 Å². The molecule has 1 aliphatic carbocycles. The van der Waals surface area contributed by atoms with Gasteiger partial charge in [-0.3, -0.25) is 14.4 Å². The van der Waals surface area contributed by atoms with E-state index in [0.29, 0.717) is 24.3 Å². The van der Waals surface area contributed by atoms with Crippen molar-refractivity contribution in [2.75, 3.05) is 11.9 Å². The van der Waals surface area contributed by atoms with E-state index in [2.05, 4.69) is 15.5 Å². The summed E-state index contributed by atoms with van der Waals surface area (Å²) in [6.07, 6.45) is 6.85. The highest BCUT2D eigenvalue weighted by Gasteiger charge is 2.37. The van der Waals surface area contributed by atoms with Crippen LogP contribution in [0.25, 0.3) is 11.3 Å². The molecule has 152 valence electrons. The molecule has 29 heavy (non-hydrogen) atoms. The van der Waals surface area contributed by atoms with E-state index >= 15 is 0 Å². The van der Waals surface area contributed by atoms with Crippen LogP contribution in [-0.2, 0) is 9.59 Å². The molecule has 4 rings (SSSR count). The molecule has 1 unspecified atom stereocenters. The first-order chi connectivity index (χ1) is 14.1. The summed E-state index contributed by atoms with van der Waals surface area (Å²) >= 11 is 0. The third kappa shape index (κ3) is 4.39. The van der Waals surface area contributed by atoms with Gasteiger partial charge in [-0.15, -0.1) is 0 Å². The number of likely N-dealkylation sites (tertiary alicyclic amines) is 1. The lowest BCUT2D eigenvalue weighted by Crippen LogP contribution is -2.46. The van der Waals surface area contributed by atoms with E-state index in [1.165, 1.54) is 12.5 Å². The van der Waals surface area contributed by atoms with Crippen molar-refractivity contribution in [3.63, 3.8) is 0 Å². The molecule has 7 heteroatoms. The van der Waals surface area contributed by atoms with Gasteiger partial charge in [-0.25, -0.2) is 5.10 Å². The van der Waals surface area contributed by atoms with E-state index in [-0.39, 0.29) is 23.3 Å². The smallest absolute Gasteiger partial charge is 0.264 e. The molecule has 0 radical (unpaired) electrons. The first kappa shape index (κ1) is 19.4. The molecule has 2 amide bonds. The molecule has 1 atom stereocenters. The summed E-state index contributed by atoms with van der Waals surface area (Å²) in [7, 11) is 0. The van der Waals surface area contributed by atoms with Crippen molar-refractivity contribution < 1.29 is 9.59 Å². The molecule has 2 heterocycles. The number of nitrogens with zero attached hydrogens (tertiary/aromatic N) is 2. The minimum absolute atomic E-state index is 0.0757. The Hall–Kier alpha value is -2.96. The summed E-state index contributed by atoms with van der Waals surface area (Å²) in [4.78, 5) is 38.9. The molecule has 1 saturated heterocycles. The molecule has 1 saturated carbocycles. The molecule has 2 fully saturated rings. The lowest BCUT2D eigenvalue weighted by atomic mass is 9.88. The molecule has 1 aliphatic heterocycles. The molecule has 0 spiro atoms. The number of amides is 2. The second-order valence-electron chi connectivity index (χ2n) is 7.90. The van der Waals surface area contributed by atoms with Gasteiger partial charge in [0.15, 0.2) is 0 Å². The van der Waals surface area contributed by atoms with Gasteiger partial charge >= 0.3 is 0 Å². The van der Waals surface area contributed by atoms with Gasteiger partial charge < -0.3 is 10.2 Å². The van der Waals surface area contributed by atoms with Gasteiger partial charge in [-0.1, -0.05) is 31.4 Å². The maximum Gasteiger partial charge on any atom is 0.264 e. The van der Waals surface area contributed by atoms with Gasteiger partial charge in [0.1, 0.15) is 6.04 Å². The summed E-state index contributed by atoms with van der Waals surface area (Å²) in [6.45, 7) is 0.661. The van der Waals surface area contributed by atoms with Crippen LogP contribution in [0.4, 0.5) is 5.69 Å². The zero-order chi connectivity index (χ0) is 20.2. The first-order valence-corrected chi connectivity index (χ1v) is 10.4. The SMILES string of the molecule is O=C(Nc1cccc(-c2ccc(=O)[nH]n2)c1)C1CCCN1C(=O)C1CCCCC1. The van der Waals surface area contributed by atoms with E-state index < -0.39 is 6.04 Å². The first-order valence-electron chi connectivity index (χ1n) is 10.4. The molecule has 1 aromatic heterocycles. The maximum atomic E-state index is 12.9. The van der Waals surface area contributed by atoms with Crippen LogP contribution >= 0.6 is 0 Å². The van der Waals surface area contributed by atoms with Crippen molar-refractivity contribution >= 4 is 17.5 Å². The second-order valence-corrected chi connectivity index (χ2v) is 7.90. The Balaban J connectivity index is 1.45. The van der Waals surface area contributed by atoms with Crippen LogP contribution in [0, 0.1) is 5.92 Å². The molecule has 0 bridgehead atoms. The molecule has 2 aromatic rings. The van der Waals surface area contributed by atoms with E-state index in [9.17, 15) is 14.4 Å². The number of nitrogens with one attached hydrogen (secondary N) is 2. The van der Waals surface area contributed by atoms with Crippen LogP contribution in [0.15, 0.2) is 41.2 Å². The molecule has 2 aliphatic rings. The van der Waals surface area contributed by atoms with E-state index in [0.717, 1.165) is 37.7 Å². The number of benzene rings is 1. The predicted molar refractivity (Wildman–Crippen MR) is 110 cm³/mol.